The molecule has 4 nitrogen and oxygen atoms in total. The molecule has 122 valence electrons. The van der Waals surface area contributed by atoms with Crippen molar-refractivity contribution in [2.75, 3.05) is 11.4 Å². The van der Waals surface area contributed by atoms with E-state index in [4.69, 9.17) is 0 Å². The third kappa shape index (κ3) is 1.86. The molecule has 0 saturated carbocycles. The largest absolute Gasteiger partial charge is 0.332 e. The fraction of sp³-hybridized carbons (Fsp3) is 0.300. The fourth-order valence-corrected chi connectivity index (χ4v) is 4.14. The molecule has 24 heavy (non-hydrogen) atoms. The summed E-state index contributed by atoms with van der Waals surface area (Å²) in [5.41, 5.74) is 2.03. The second-order valence-electron chi connectivity index (χ2n) is 6.37. The molecule has 1 aliphatic carbocycles. The van der Waals surface area contributed by atoms with Gasteiger partial charge in [-0.3, -0.25) is 14.6 Å². The van der Waals surface area contributed by atoms with E-state index in [1.165, 1.54) is 10.5 Å². The molecule has 2 aliphatic rings. The first-order valence-corrected chi connectivity index (χ1v) is 8.49. The average molecular weight is 320 g/mol. The minimum Gasteiger partial charge on any atom is -0.275 e. The molecule has 2 aromatic rings. The summed E-state index contributed by atoms with van der Waals surface area (Å²) in [6.07, 6.45) is 2.52. The predicted octanol–water partition coefficient (Wildman–Crippen LogP) is 3.71. The molecule has 0 aromatic heterocycles. The van der Waals surface area contributed by atoms with E-state index >= 15 is 0 Å². The Bertz CT molecular complexity index is 802. The van der Waals surface area contributed by atoms with E-state index in [-0.39, 0.29) is 11.9 Å². The first-order valence-electron chi connectivity index (χ1n) is 8.49. The Morgan fingerprint density at radius 3 is 2.46 bits per heavy atom. The van der Waals surface area contributed by atoms with Gasteiger partial charge < -0.3 is 0 Å². The van der Waals surface area contributed by atoms with Crippen LogP contribution < -0.4 is 4.90 Å². The van der Waals surface area contributed by atoms with Crippen molar-refractivity contribution >= 4 is 17.6 Å². The lowest BCUT2D eigenvalue weighted by molar-refractivity contribution is -0.131. The maximum atomic E-state index is 13.3. The zero-order valence-electron chi connectivity index (χ0n) is 13.7. The standard InChI is InChI=1S/C20H20N2O2/c1-2-21-18(23)20(14-8-10-15-9-6-7-13-17(15)20)22(19(21)24)16-11-4-3-5-12-16/h3-7,9,11-13H,2,8,10,14H2,1H3. The van der Waals surface area contributed by atoms with Crippen LogP contribution in [-0.2, 0) is 16.8 Å². The van der Waals surface area contributed by atoms with Crippen molar-refractivity contribution in [3.63, 3.8) is 0 Å². The summed E-state index contributed by atoms with van der Waals surface area (Å²) in [7, 11) is 0. The number of benzene rings is 2. The van der Waals surface area contributed by atoms with Crippen molar-refractivity contribution in [3.8, 4) is 0 Å². The van der Waals surface area contributed by atoms with Crippen LogP contribution in [-0.4, -0.2) is 23.4 Å². The number of rotatable bonds is 2. The molecule has 4 rings (SSSR count). The summed E-state index contributed by atoms with van der Waals surface area (Å²) < 4.78 is 0. The maximum absolute atomic E-state index is 13.3. The first kappa shape index (κ1) is 14.9. The molecular weight excluding hydrogens is 300 g/mol. The van der Waals surface area contributed by atoms with Gasteiger partial charge in [0.15, 0.2) is 5.54 Å². The molecule has 0 N–H and O–H groups in total. The molecule has 0 bridgehead atoms. The number of urea groups is 1. The number of amides is 3. The van der Waals surface area contributed by atoms with Gasteiger partial charge in [-0.1, -0.05) is 42.5 Å². The van der Waals surface area contributed by atoms with E-state index in [9.17, 15) is 9.59 Å². The van der Waals surface area contributed by atoms with Crippen molar-refractivity contribution < 1.29 is 9.59 Å². The highest BCUT2D eigenvalue weighted by Crippen LogP contribution is 2.47. The number of nitrogens with zero attached hydrogens (tertiary/aromatic N) is 2. The van der Waals surface area contributed by atoms with Crippen LogP contribution in [0.25, 0.3) is 0 Å². The quantitative estimate of drug-likeness (QED) is 0.792. The zero-order valence-corrected chi connectivity index (χ0v) is 13.7. The van der Waals surface area contributed by atoms with Crippen molar-refractivity contribution in [2.45, 2.75) is 31.7 Å². The second-order valence-corrected chi connectivity index (χ2v) is 6.37. The van der Waals surface area contributed by atoms with Crippen molar-refractivity contribution in [1.82, 2.24) is 4.90 Å². The minimum atomic E-state index is -0.900. The van der Waals surface area contributed by atoms with Crippen LogP contribution in [0.15, 0.2) is 54.6 Å². The highest BCUT2D eigenvalue weighted by molar-refractivity contribution is 6.17. The summed E-state index contributed by atoms with van der Waals surface area (Å²) in [5, 5.41) is 0. The molecule has 4 heteroatoms. The lowest BCUT2D eigenvalue weighted by Crippen LogP contribution is -2.49. The van der Waals surface area contributed by atoms with Gasteiger partial charge in [0.2, 0.25) is 0 Å². The van der Waals surface area contributed by atoms with Crippen molar-refractivity contribution in [2.24, 2.45) is 0 Å². The van der Waals surface area contributed by atoms with Gasteiger partial charge >= 0.3 is 6.03 Å². The molecule has 1 fully saturated rings. The average Bonchev–Trinajstić information content (AvgIpc) is 2.83. The normalized spacial score (nSPS) is 23.0. The number of likely N-dealkylation sites (N-methyl/N-ethyl adjacent to an activating group) is 1. The Labute approximate surface area is 141 Å². The number of hydrogen-bond acceptors (Lipinski definition) is 2. The molecule has 1 saturated heterocycles. The van der Waals surface area contributed by atoms with Crippen LogP contribution in [0.2, 0.25) is 0 Å². The lowest BCUT2D eigenvalue weighted by Gasteiger charge is -2.39. The summed E-state index contributed by atoms with van der Waals surface area (Å²) in [4.78, 5) is 29.5. The molecule has 1 aliphatic heterocycles. The van der Waals surface area contributed by atoms with Crippen molar-refractivity contribution in [3.05, 3.63) is 65.7 Å². The van der Waals surface area contributed by atoms with E-state index in [1.807, 2.05) is 55.5 Å². The number of carbonyl (C=O) groups is 2. The SMILES string of the molecule is CCN1C(=O)N(c2ccccc2)C2(CCCc3ccccc32)C1=O. The third-order valence-corrected chi connectivity index (χ3v) is 5.18. The van der Waals surface area contributed by atoms with Crippen LogP contribution in [0.5, 0.6) is 0 Å². The van der Waals surface area contributed by atoms with Gasteiger partial charge in [0.25, 0.3) is 5.91 Å². The van der Waals surface area contributed by atoms with Gasteiger partial charge in [-0.05, 0) is 49.4 Å². The topological polar surface area (TPSA) is 40.6 Å². The first-order chi connectivity index (χ1) is 11.7. The number of anilines is 1. The number of aryl methyl sites for hydroxylation is 1. The van der Waals surface area contributed by atoms with Crippen LogP contribution >= 0.6 is 0 Å². The van der Waals surface area contributed by atoms with Gasteiger partial charge in [-0.15, -0.1) is 0 Å². The Kier molecular flexibility index (Phi) is 3.41. The van der Waals surface area contributed by atoms with E-state index in [1.54, 1.807) is 4.90 Å². The Hall–Kier alpha value is -2.62. The van der Waals surface area contributed by atoms with Crippen LogP contribution in [0.1, 0.15) is 30.9 Å². The lowest BCUT2D eigenvalue weighted by atomic mass is 9.75. The van der Waals surface area contributed by atoms with E-state index in [0.29, 0.717) is 13.0 Å². The molecule has 2 aromatic carbocycles. The summed E-state index contributed by atoms with van der Waals surface area (Å²) in [6, 6.07) is 17.4. The van der Waals surface area contributed by atoms with Gasteiger partial charge in [0.05, 0.1) is 0 Å². The highest BCUT2D eigenvalue weighted by atomic mass is 16.2. The molecule has 1 atom stereocenters. The molecule has 1 unspecified atom stereocenters. The van der Waals surface area contributed by atoms with Gasteiger partial charge in [0.1, 0.15) is 0 Å². The number of carbonyl (C=O) groups excluding carboxylic acids is 2. The third-order valence-electron chi connectivity index (χ3n) is 5.18. The highest BCUT2D eigenvalue weighted by Gasteiger charge is 2.59. The van der Waals surface area contributed by atoms with E-state index in [2.05, 4.69) is 6.07 Å². The molecule has 3 amide bonds. The van der Waals surface area contributed by atoms with Crippen molar-refractivity contribution in [1.29, 1.82) is 0 Å². The second kappa shape index (κ2) is 5.48. The van der Waals surface area contributed by atoms with Gasteiger partial charge in [-0.2, -0.15) is 0 Å². The minimum absolute atomic E-state index is 0.0917. The van der Waals surface area contributed by atoms with Gasteiger partial charge in [-0.25, -0.2) is 4.79 Å². The summed E-state index contributed by atoms with van der Waals surface area (Å²) >= 11 is 0. The van der Waals surface area contributed by atoms with Gasteiger partial charge in [0, 0.05) is 12.2 Å². The zero-order chi connectivity index (χ0) is 16.7. The molecule has 1 heterocycles. The monoisotopic (exact) mass is 320 g/mol. The molecular formula is C20H20N2O2. The van der Waals surface area contributed by atoms with E-state index in [0.717, 1.165) is 24.1 Å². The van der Waals surface area contributed by atoms with E-state index < -0.39 is 5.54 Å². The summed E-state index contributed by atoms with van der Waals surface area (Å²) in [5.74, 6) is -0.0917. The van der Waals surface area contributed by atoms with Crippen LogP contribution in [0.3, 0.4) is 0 Å². The number of imide groups is 1. The maximum Gasteiger partial charge on any atom is 0.332 e. The summed E-state index contributed by atoms with van der Waals surface area (Å²) in [6.45, 7) is 2.25. The Balaban J connectivity index is 1.98. The molecule has 0 radical (unpaired) electrons. The molecule has 1 spiro atoms. The van der Waals surface area contributed by atoms with Crippen LogP contribution in [0.4, 0.5) is 10.5 Å². The Morgan fingerprint density at radius 1 is 1.00 bits per heavy atom. The number of para-hydroxylation sites is 1. The number of hydrogen-bond donors (Lipinski definition) is 0. The van der Waals surface area contributed by atoms with Crippen LogP contribution in [0, 0.1) is 0 Å². The Morgan fingerprint density at radius 2 is 1.71 bits per heavy atom. The predicted molar refractivity (Wildman–Crippen MR) is 92.8 cm³/mol. The smallest absolute Gasteiger partial charge is 0.275 e. The fourth-order valence-electron chi connectivity index (χ4n) is 4.14. The number of fused-ring (bicyclic) bond motifs is 2.